The van der Waals surface area contributed by atoms with Gasteiger partial charge < -0.3 is 9.84 Å². The van der Waals surface area contributed by atoms with Gasteiger partial charge in [-0.05, 0) is 81.5 Å². The quantitative estimate of drug-likeness (QED) is 0.360. The summed E-state index contributed by atoms with van der Waals surface area (Å²) in [6, 6.07) is 0. The molecule has 0 radical (unpaired) electrons. The summed E-state index contributed by atoms with van der Waals surface area (Å²) in [6.45, 7) is 4.33. The fraction of sp³-hybridized carbons (Fsp3) is 0.850. The third-order valence-electron chi connectivity index (χ3n) is 7.11. The van der Waals surface area contributed by atoms with Gasteiger partial charge in [0.15, 0.2) is 0 Å². The predicted molar refractivity (Wildman–Crippen MR) is 91.5 cm³/mol. The van der Waals surface area contributed by atoms with Crippen molar-refractivity contribution in [2.24, 2.45) is 29.6 Å². The number of aliphatic hydroxyl groups is 1. The van der Waals surface area contributed by atoms with E-state index < -0.39 is 36.4 Å². The summed E-state index contributed by atoms with van der Waals surface area (Å²) in [5.41, 5.74) is -5.46. The minimum Gasteiger partial charge on any atom is -0.455 e. The Kier molecular flexibility index (Phi) is 5.77. The molecule has 0 saturated heterocycles. The number of halogens is 6. The van der Waals surface area contributed by atoms with E-state index in [0.717, 1.165) is 32.6 Å². The highest BCUT2D eigenvalue weighted by molar-refractivity contribution is 5.87. The van der Waals surface area contributed by atoms with Crippen molar-refractivity contribution < 1.29 is 41.0 Å². The van der Waals surface area contributed by atoms with Crippen LogP contribution in [0.3, 0.4) is 0 Å². The lowest BCUT2D eigenvalue weighted by molar-refractivity contribution is -0.391. The van der Waals surface area contributed by atoms with Crippen LogP contribution in [0.2, 0.25) is 0 Å². The van der Waals surface area contributed by atoms with E-state index in [2.05, 4.69) is 11.3 Å². The highest BCUT2D eigenvalue weighted by Crippen LogP contribution is 2.58. The van der Waals surface area contributed by atoms with Gasteiger partial charge in [0.2, 0.25) is 0 Å². The van der Waals surface area contributed by atoms with Crippen molar-refractivity contribution in [3.05, 3.63) is 12.2 Å². The second-order valence-electron chi connectivity index (χ2n) is 9.11. The monoisotopic (exact) mass is 428 g/mol. The van der Waals surface area contributed by atoms with Gasteiger partial charge in [-0.25, -0.2) is 4.79 Å². The zero-order valence-electron chi connectivity index (χ0n) is 16.2. The van der Waals surface area contributed by atoms with Gasteiger partial charge in [-0.2, -0.15) is 26.3 Å². The summed E-state index contributed by atoms with van der Waals surface area (Å²) in [7, 11) is 0. The van der Waals surface area contributed by atoms with Crippen LogP contribution in [-0.4, -0.2) is 35.1 Å². The first-order chi connectivity index (χ1) is 13.2. The van der Waals surface area contributed by atoms with Gasteiger partial charge in [-0.1, -0.05) is 6.58 Å². The van der Waals surface area contributed by atoms with Gasteiger partial charge in [-0.15, -0.1) is 0 Å². The summed E-state index contributed by atoms with van der Waals surface area (Å²) < 4.78 is 84.8. The molecule has 0 aromatic rings. The summed E-state index contributed by atoms with van der Waals surface area (Å²) in [4.78, 5) is 11.8. The first kappa shape index (κ1) is 22.4. The SMILES string of the molecule is C=C(C)C(=O)OC(CCC1C2CC3CC(C2)CC1C3)C(O)(C(F)(F)F)C(F)(F)F. The predicted octanol–water partition coefficient (Wildman–Crippen LogP) is 5.18. The van der Waals surface area contributed by atoms with Crippen molar-refractivity contribution in [3.8, 4) is 0 Å². The van der Waals surface area contributed by atoms with Crippen LogP contribution < -0.4 is 0 Å². The van der Waals surface area contributed by atoms with Gasteiger partial charge in [0.25, 0.3) is 5.60 Å². The third kappa shape index (κ3) is 4.03. The van der Waals surface area contributed by atoms with Gasteiger partial charge in [0.05, 0.1) is 0 Å². The number of hydrogen-bond donors (Lipinski definition) is 1. The van der Waals surface area contributed by atoms with Crippen LogP contribution in [0, 0.1) is 29.6 Å². The van der Waals surface area contributed by atoms with Crippen LogP contribution in [0.25, 0.3) is 0 Å². The molecule has 0 aromatic carbocycles. The Hall–Kier alpha value is -1.25. The van der Waals surface area contributed by atoms with E-state index in [-0.39, 0.29) is 29.7 Å². The Morgan fingerprint density at radius 1 is 1.00 bits per heavy atom. The van der Waals surface area contributed by atoms with Crippen LogP contribution in [0.5, 0.6) is 0 Å². The minimum atomic E-state index is -6.05. The number of rotatable bonds is 6. The van der Waals surface area contributed by atoms with Gasteiger partial charge in [0, 0.05) is 5.57 Å². The highest BCUT2D eigenvalue weighted by Gasteiger charge is 2.75. The van der Waals surface area contributed by atoms with E-state index in [9.17, 15) is 36.2 Å². The molecule has 4 bridgehead atoms. The van der Waals surface area contributed by atoms with E-state index in [1.54, 1.807) is 0 Å². The molecule has 4 fully saturated rings. The lowest BCUT2D eigenvalue weighted by Crippen LogP contribution is -2.65. The lowest BCUT2D eigenvalue weighted by atomic mass is 9.51. The normalized spacial score (nSPS) is 32.9. The summed E-state index contributed by atoms with van der Waals surface area (Å²) >= 11 is 0. The molecule has 4 saturated carbocycles. The summed E-state index contributed by atoms with van der Waals surface area (Å²) in [5.74, 6) is 0.398. The molecule has 29 heavy (non-hydrogen) atoms. The van der Waals surface area contributed by atoms with Crippen molar-refractivity contribution in [3.63, 3.8) is 0 Å². The molecule has 3 nitrogen and oxygen atoms in total. The Morgan fingerprint density at radius 2 is 1.45 bits per heavy atom. The fourth-order valence-electron chi connectivity index (χ4n) is 5.96. The first-order valence-corrected chi connectivity index (χ1v) is 9.96. The molecule has 0 heterocycles. The van der Waals surface area contributed by atoms with E-state index in [1.165, 1.54) is 6.42 Å². The molecule has 4 aliphatic carbocycles. The second-order valence-corrected chi connectivity index (χ2v) is 9.11. The number of carbonyl (C=O) groups is 1. The molecular weight excluding hydrogens is 402 g/mol. The molecule has 9 heteroatoms. The van der Waals surface area contributed by atoms with Crippen molar-refractivity contribution in [2.45, 2.75) is 75.9 Å². The second kappa shape index (κ2) is 7.46. The standard InChI is InChI=1S/C20H26F6O3/c1-10(2)17(27)29-16(18(28,19(21,22)23)20(24,25)26)4-3-15-13-6-11-5-12(8-13)9-14(15)7-11/h11-16,28H,1,3-9H2,2H3. The number of carbonyl (C=O) groups excluding carboxylic acids is 1. The molecule has 1 unspecified atom stereocenters. The molecule has 4 aliphatic rings. The van der Waals surface area contributed by atoms with Crippen LogP contribution in [0.1, 0.15) is 51.9 Å². The zero-order valence-corrected chi connectivity index (χ0v) is 16.2. The number of alkyl halides is 6. The summed E-state index contributed by atoms with van der Waals surface area (Å²) in [6.07, 6.45) is -10.5. The van der Waals surface area contributed by atoms with Crippen LogP contribution in [-0.2, 0) is 9.53 Å². The molecule has 0 spiro atoms. The average Bonchev–Trinajstić information content (AvgIpc) is 2.56. The number of ether oxygens (including phenoxy) is 1. The molecular formula is C20H26F6O3. The van der Waals surface area contributed by atoms with Crippen molar-refractivity contribution in [1.29, 1.82) is 0 Å². The van der Waals surface area contributed by atoms with E-state index in [4.69, 9.17) is 0 Å². The number of esters is 1. The Labute approximate surface area is 165 Å². The number of hydrogen-bond acceptors (Lipinski definition) is 3. The molecule has 0 aromatic heterocycles. The lowest BCUT2D eigenvalue weighted by Gasteiger charge is -2.55. The molecule has 166 valence electrons. The van der Waals surface area contributed by atoms with Gasteiger partial charge in [0.1, 0.15) is 6.10 Å². The molecule has 1 N–H and O–H groups in total. The van der Waals surface area contributed by atoms with Gasteiger partial charge in [-0.3, -0.25) is 0 Å². The Morgan fingerprint density at radius 3 is 1.83 bits per heavy atom. The highest BCUT2D eigenvalue weighted by atomic mass is 19.4. The Balaban J connectivity index is 1.82. The van der Waals surface area contributed by atoms with Gasteiger partial charge >= 0.3 is 18.3 Å². The van der Waals surface area contributed by atoms with E-state index in [0.29, 0.717) is 11.8 Å². The minimum absolute atomic E-state index is 0.000419. The topological polar surface area (TPSA) is 46.5 Å². The fourth-order valence-corrected chi connectivity index (χ4v) is 5.96. The first-order valence-electron chi connectivity index (χ1n) is 9.96. The van der Waals surface area contributed by atoms with E-state index in [1.807, 2.05) is 0 Å². The van der Waals surface area contributed by atoms with Crippen molar-refractivity contribution in [1.82, 2.24) is 0 Å². The molecule has 1 atom stereocenters. The smallest absolute Gasteiger partial charge is 0.430 e. The average molecular weight is 428 g/mol. The van der Waals surface area contributed by atoms with Crippen LogP contribution >= 0.6 is 0 Å². The maximum absolute atomic E-state index is 13.4. The molecule has 0 amide bonds. The Bertz CT molecular complexity index is 612. The maximum atomic E-state index is 13.4. The van der Waals surface area contributed by atoms with Crippen LogP contribution in [0.15, 0.2) is 12.2 Å². The maximum Gasteiger partial charge on any atom is 0.430 e. The van der Waals surface area contributed by atoms with Crippen LogP contribution in [0.4, 0.5) is 26.3 Å². The molecule has 4 rings (SSSR count). The van der Waals surface area contributed by atoms with Crippen molar-refractivity contribution >= 4 is 5.97 Å². The largest absolute Gasteiger partial charge is 0.455 e. The zero-order chi connectivity index (χ0) is 21.8. The van der Waals surface area contributed by atoms with Crippen molar-refractivity contribution in [2.75, 3.05) is 0 Å². The third-order valence-corrected chi connectivity index (χ3v) is 7.11. The van der Waals surface area contributed by atoms with E-state index >= 15 is 0 Å². The summed E-state index contributed by atoms with van der Waals surface area (Å²) in [5, 5.41) is 9.80. The molecule has 0 aliphatic heterocycles.